The van der Waals surface area contributed by atoms with Gasteiger partial charge in [-0.05, 0) is 26.7 Å². The first-order chi connectivity index (χ1) is 8.84. The highest BCUT2D eigenvalue weighted by molar-refractivity contribution is 6.02. The SMILES string of the molecule is CC(C(=O)O)=C(C)C(=O)N(CC(N)=O)C1CCCC1. The van der Waals surface area contributed by atoms with Gasteiger partial charge in [0.2, 0.25) is 5.91 Å². The average Bonchev–Trinajstić information content (AvgIpc) is 2.86. The topological polar surface area (TPSA) is 101 Å². The first-order valence-corrected chi connectivity index (χ1v) is 6.34. The Balaban J connectivity index is 2.97. The Labute approximate surface area is 112 Å². The number of carboxylic acids is 1. The van der Waals surface area contributed by atoms with Crippen LogP contribution < -0.4 is 5.73 Å². The summed E-state index contributed by atoms with van der Waals surface area (Å²) >= 11 is 0. The zero-order valence-electron chi connectivity index (χ0n) is 11.3. The number of amides is 2. The molecule has 0 spiro atoms. The Kier molecular flexibility index (Phi) is 5.09. The number of nitrogens with two attached hydrogens (primary N) is 1. The van der Waals surface area contributed by atoms with Gasteiger partial charge < -0.3 is 15.7 Å². The van der Waals surface area contributed by atoms with Crippen molar-refractivity contribution in [2.45, 2.75) is 45.6 Å². The molecule has 1 fully saturated rings. The Bertz CT molecular complexity index is 422. The second-order valence-corrected chi connectivity index (χ2v) is 4.89. The third-order valence-electron chi connectivity index (χ3n) is 3.56. The van der Waals surface area contributed by atoms with Crippen molar-refractivity contribution in [3.05, 3.63) is 11.1 Å². The minimum atomic E-state index is -1.13. The van der Waals surface area contributed by atoms with E-state index in [1.807, 2.05) is 0 Å². The molecule has 3 N–H and O–H groups in total. The lowest BCUT2D eigenvalue weighted by atomic mass is 10.1. The largest absolute Gasteiger partial charge is 0.478 e. The van der Waals surface area contributed by atoms with Crippen LogP contribution in [0, 0.1) is 0 Å². The summed E-state index contributed by atoms with van der Waals surface area (Å²) < 4.78 is 0. The molecule has 0 radical (unpaired) electrons. The summed E-state index contributed by atoms with van der Waals surface area (Å²) in [6, 6.07) is -0.0171. The van der Waals surface area contributed by atoms with E-state index in [4.69, 9.17) is 10.8 Å². The third kappa shape index (κ3) is 3.81. The number of carbonyl (C=O) groups excluding carboxylic acids is 2. The molecule has 0 aliphatic heterocycles. The van der Waals surface area contributed by atoms with Crippen LogP contribution in [-0.2, 0) is 14.4 Å². The van der Waals surface area contributed by atoms with Crippen LogP contribution in [0.25, 0.3) is 0 Å². The van der Waals surface area contributed by atoms with Crippen LogP contribution in [0.4, 0.5) is 0 Å². The van der Waals surface area contributed by atoms with Crippen LogP contribution in [0.2, 0.25) is 0 Å². The summed E-state index contributed by atoms with van der Waals surface area (Å²) in [6.45, 7) is 2.69. The van der Waals surface area contributed by atoms with Crippen molar-refractivity contribution in [2.75, 3.05) is 6.54 Å². The fourth-order valence-electron chi connectivity index (χ4n) is 2.29. The van der Waals surface area contributed by atoms with E-state index >= 15 is 0 Å². The van der Waals surface area contributed by atoms with Crippen LogP contribution in [0.1, 0.15) is 39.5 Å². The summed E-state index contributed by atoms with van der Waals surface area (Å²) in [5, 5.41) is 8.91. The van der Waals surface area contributed by atoms with E-state index in [0.29, 0.717) is 0 Å². The predicted molar refractivity (Wildman–Crippen MR) is 69.2 cm³/mol. The lowest BCUT2D eigenvalue weighted by Crippen LogP contribution is -2.44. The maximum atomic E-state index is 12.3. The monoisotopic (exact) mass is 268 g/mol. The highest BCUT2D eigenvalue weighted by atomic mass is 16.4. The zero-order valence-corrected chi connectivity index (χ0v) is 11.3. The highest BCUT2D eigenvalue weighted by Gasteiger charge is 2.29. The second kappa shape index (κ2) is 6.36. The van der Waals surface area contributed by atoms with Crippen LogP contribution in [0.5, 0.6) is 0 Å². The summed E-state index contributed by atoms with van der Waals surface area (Å²) in [5.41, 5.74) is 5.32. The molecule has 1 saturated carbocycles. The molecule has 0 aromatic rings. The smallest absolute Gasteiger partial charge is 0.331 e. The van der Waals surface area contributed by atoms with Crippen LogP contribution in [0.15, 0.2) is 11.1 Å². The number of carboxylic acid groups (broad SMARTS) is 1. The highest BCUT2D eigenvalue weighted by Crippen LogP contribution is 2.25. The van der Waals surface area contributed by atoms with E-state index < -0.39 is 17.8 Å². The van der Waals surface area contributed by atoms with Gasteiger partial charge in [0.25, 0.3) is 5.91 Å². The number of aliphatic carboxylic acids is 1. The minimum Gasteiger partial charge on any atom is -0.478 e. The molecular weight excluding hydrogens is 248 g/mol. The number of hydrogen-bond donors (Lipinski definition) is 2. The number of hydrogen-bond acceptors (Lipinski definition) is 3. The molecule has 0 aromatic heterocycles. The van der Waals surface area contributed by atoms with Crippen LogP contribution >= 0.6 is 0 Å². The normalized spacial score (nSPS) is 16.9. The molecule has 106 valence electrons. The molecule has 0 unspecified atom stereocenters. The molecule has 0 bridgehead atoms. The van der Waals surface area contributed by atoms with Crippen LogP contribution in [-0.4, -0.2) is 40.4 Å². The van der Waals surface area contributed by atoms with Gasteiger partial charge in [0, 0.05) is 17.2 Å². The van der Waals surface area contributed by atoms with Gasteiger partial charge >= 0.3 is 5.97 Å². The molecule has 1 rings (SSSR count). The van der Waals surface area contributed by atoms with Gasteiger partial charge in [0.05, 0.1) is 6.54 Å². The van der Waals surface area contributed by atoms with Crippen molar-refractivity contribution in [3.8, 4) is 0 Å². The quantitative estimate of drug-likeness (QED) is 0.715. The summed E-state index contributed by atoms with van der Waals surface area (Å²) in [7, 11) is 0. The van der Waals surface area contributed by atoms with Crippen molar-refractivity contribution >= 4 is 17.8 Å². The number of nitrogens with zero attached hydrogens (tertiary/aromatic N) is 1. The van der Waals surface area contributed by atoms with Crippen molar-refractivity contribution in [3.63, 3.8) is 0 Å². The molecule has 0 saturated heterocycles. The molecule has 6 heteroatoms. The first-order valence-electron chi connectivity index (χ1n) is 6.34. The fourth-order valence-corrected chi connectivity index (χ4v) is 2.29. The number of primary amides is 1. The van der Waals surface area contributed by atoms with Gasteiger partial charge in [-0.15, -0.1) is 0 Å². The van der Waals surface area contributed by atoms with E-state index in [2.05, 4.69) is 0 Å². The lowest BCUT2D eigenvalue weighted by molar-refractivity contribution is -0.135. The maximum absolute atomic E-state index is 12.3. The zero-order chi connectivity index (χ0) is 14.6. The molecule has 1 aliphatic carbocycles. The second-order valence-electron chi connectivity index (χ2n) is 4.89. The van der Waals surface area contributed by atoms with Gasteiger partial charge in [0.15, 0.2) is 0 Å². The molecule has 0 heterocycles. The summed E-state index contributed by atoms with van der Waals surface area (Å²) in [5.74, 6) is -2.12. The molecule has 1 aliphatic rings. The van der Waals surface area contributed by atoms with Gasteiger partial charge in [-0.25, -0.2) is 4.79 Å². The maximum Gasteiger partial charge on any atom is 0.331 e. The fraction of sp³-hybridized carbons (Fsp3) is 0.615. The van der Waals surface area contributed by atoms with Gasteiger partial charge in [-0.1, -0.05) is 12.8 Å². The molecule has 0 aromatic carbocycles. The molecular formula is C13H20N2O4. The number of rotatable bonds is 5. The Morgan fingerprint density at radius 3 is 2.11 bits per heavy atom. The Hall–Kier alpha value is -1.85. The van der Waals surface area contributed by atoms with E-state index in [0.717, 1.165) is 25.7 Å². The van der Waals surface area contributed by atoms with E-state index in [1.165, 1.54) is 18.7 Å². The van der Waals surface area contributed by atoms with E-state index in [-0.39, 0.29) is 23.7 Å². The van der Waals surface area contributed by atoms with E-state index in [1.54, 1.807) is 0 Å². The van der Waals surface area contributed by atoms with Crippen molar-refractivity contribution in [2.24, 2.45) is 5.73 Å². The Morgan fingerprint density at radius 1 is 1.16 bits per heavy atom. The molecule has 6 nitrogen and oxygen atoms in total. The molecule has 2 amide bonds. The standard InChI is InChI=1S/C13H20N2O4/c1-8(9(2)13(18)19)12(17)15(7-11(14)16)10-5-3-4-6-10/h10H,3-7H2,1-2H3,(H2,14,16)(H,18,19). The third-order valence-corrected chi connectivity index (χ3v) is 3.56. The van der Waals surface area contributed by atoms with Gasteiger partial charge in [-0.2, -0.15) is 0 Å². The van der Waals surface area contributed by atoms with Crippen LogP contribution in [0.3, 0.4) is 0 Å². The van der Waals surface area contributed by atoms with E-state index in [9.17, 15) is 14.4 Å². The predicted octanol–water partition coefficient (Wildman–Crippen LogP) is 0.664. The van der Waals surface area contributed by atoms with Gasteiger partial charge in [0.1, 0.15) is 0 Å². The number of carbonyl (C=O) groups is 3. The Morgan fingerprint density at radius 2 is 1.68 bits per heavy atom. The summed E-state index contributed by atoms with van der Waals surface area (Å²) in [4.78, 5) is 35.7. The summed E-state index contributed by atoms with van der Waals surface area (Å²) in [6.07, 6.45) is 3.68. The molecule has 0 atom stereocenters. The molecule has 19 heavy (non-hydrogen) atoms. The minimum absolute atomic E-state index is 0.00235. The van der Waals surface area contributed by atoms with Crippen molar-refractivity contribution < 1.29 is 19.5 Å². The first kappa shape index (κ1) is 15.2. The lowest BCUT2D eigenvalue weighted by Gasteiger charge is -2.28. The van der Waals surface area contributed by atoms with Crippen molar-refractivity contribution in [1.82, 2.24) is 4.90 Å². The van der Waals surface area contributed by atoms with Crippen molar-refractivity contribution in [1.29, 1.82) is 0 Å². The average molecular weight is 268 g/mol. The van der Waals surface area contributed by atoms with Gasteiger partial charge in [-0.3, -0.25) is 9.59 Å².